The van der Waals surface area contributed by atoms with Gasteiger partial charge in [-0.05, 0) is 0 Å². The first-order valence-corrected chi connectivity index (χ1v) is 4.73. The molecule has 1 heterocycles. The van der Waals surface area contributed by atoms with Crippen LogP contribution in [0.2, 0.25) is 6.55 Å². The summed E-state index contributed by atoms with van der Waals surface area (Å²) in [5.74, 6) is 0. The van der Waals surface area contributed by atoms with Crippen LogP contribution in [0.3, 0.4) is 0 Å². The Balaban J connectivity index is 2.60. The van der Waals surface area contributed by atoms with Crippen molar-refractivity contribution in [1.29, 1.82) is 0 Å². The van der Waals surface area contributed by atoms with E-state index in [1.54, 1.807) is 0 Å². The van der Waals surface area contributed by atoms with Crippen LogP contribution in [-0.2, 0) is 0 Å². The van der Waals surface area contributed by atoms with Crippen LogP contribution in [0.15, 0.2) is 23.6 Å². The molecule has 0 amide bonds. The van der Waals surface area contributed by atoms with Crippen molar-refractivity contribution in [3.05, 3.63) is 23.6 Å². The van der Waals surface area contributed by atoms with E-state index in [9.17, 15) is 0 Å². The van der Waals surface area contributed by atoms with Crippen LogP contribution in [-0.4, -0.2) is 8.80 Å². The summed E-state index contributed by atoms with van der Waals surface area (Å²) >= 11 is 0. The largest absolute Gasteiger partial charge is 0.0938 e. The highest BCUT2D eigenvalue weighted by Crippen LogP contribution is 1.94. The first-order valence-electron chi connectivity index (χ1n) is 2.24. The molecule has 0 saturated heterocycles. The van der Waals surface area contributed by atoms with E-state index < -0.39 is 8.80 Å². The van der Waals surface area contributed by atoms with Gasteiger partial charge in [-0.25, -0.2) is 0 Å². The molecular formula is C5H8Si. The smallest absolute Gasteiger partial charge is 0.0822 e. The van der Waals surface area contributed by atoms with Gasteiger partial charge in [-0.2, -0.15) is 0 Å². The maximum atomic E-state index is 2.31. The van der Waals surface area contributed by atoms with Crippen LogP contribution in [0.4, 0.5) is 0 Å². The molecule has 0 saturated carbocycles. The van der Waals surface area contributed by atoms with Gasteiger partial charge in [-0.3, -0.25) is 0 Å². The Morgan fingerprint density at radius 2 is 1.67 bits per heavy atom. The van der Waals surface area contributed by atoms with Crippen molar-refractivity contribution in [1.82, 2.24) is 0 Å². The van der Waals surface area contributed by atoms with Gasteiger partial charge >= 0.3 is 0 Å². The lowest BCUT2D eigenvalue weighted by Crippen LogP contribution is -1.91. The Kier molecular flexibility index (Phi) is 0.924. The maximum Gasteiger partial charge on any atom is 0.0822 e. The van der Waals surface area contributed by atoms with E-state index in [2.05, 4.69) is 30.1 Å². The van der Waals surface area contributed by atoms with Crippen LogP contribution in [0, 0.1) is 0 Å². The second-order valence-electron chi connectivity index (χ2n) is 1.63. The van der Waals surface area contributed by atoms with Crippen LogP contribution in [0.5, 0.6) is 0 Å². The average Bonchev–Trinajstić information content (AvgIpc) is 1.86. The highest BCUT2D eigenvalue weighted by atomic mass is 28.3. The summed E-state index contributed by atoms with van der Waals surface area (Å²) in [6.45, 7) is 2.31. The molecule has 0 radical (unpaired) electrons. The van der Waals surface area contributed by atoms with Gasteiger partial charge in [0.1, 0.15) is 0 Å². The van der Waals surface area contributed by atoms with Crippen molar-refractivity contribution < 1.29 is 0 Å². The summed E-state index contributed by atoms with van der Waals surface area (Å²) in [6.07, 6.45) is 4.27. The Hall–Kier alpha value is -0.303. The summed E-state index contributed by atoms with van der Waals surface area (Å²) in [4.78, 5) is 0. The molecule has 0 spiro atoms. The maximum absolute atomic E-state index is 2.31. The average molecular weight is 96.2 g/mol. The molecule has 1 rings (SSSR count). The molecular weight excluding hydrogens is 88.1 g/mol. The molecule has 0 aromatic carbocycles. The summed E-state index contributed by atoms with van der Waals surface area (Å²) in [5.41, 5.74) is 4.61. The minimum atomic E-state index is -0.410. The Labute approximate surface area is 39.8 Å². The molecule has 0 N–H and O–H groups in total. The van der Waals surface area contributed by atoms with Gasteiger partial charge in [0.15, 0.2) is 0 Å². The van der Waals surface area contributed by atoms with E-state index >= 15 is 0 Å². The zero-order valence-corrected chi connectivity index (χ0v) is 5.04. The number of rotatable bonds is 0. The molecule has 1 aliphatic heterocycles. The fourth-order valence-corrected chi connectivity index (χ4v) is 1.63. The van der Waals surface area contributed by atoms with E-state index in [4.69, 9.17) is 0 Å². The molecule has 6 heavy (non-hydrogen) atoms. The molecule has 0 bridgehead atoms. The quantitative estimate of drug-likeness (QED) is 0.395. The van der Waals surface area contributed by atoms with E-state index in [-0.39, 0.29) is 0 Å². The minimum absolute atomic E-state index is 0.410. The normalized spacial score (nSPS) is 20.2. The molecule has 0 aromatic heterocycles. The van der Waals surface area contributed by atoms with Crippen molar-refractivity contribution in [3.8, 4) is 0 Å². The fraction of sp³-hybridized carbons (Fsp3) is 0.200. The second kappa shape index (κ2) is 1.43. The summed E-state index contributed by atoms with van der Waals surface area (Å²) in [6, 6.07) is 0. The van der Waals surface area contributed by atoms with Crippen molar-refractivity contribution in [2.45, 2.75) is 6.55 Å². The lowest BCUT2D eigenvalue weighted by atomic mass is 10.6. The van der Waals surface area contributed by atoms with Crippen LogP contribution in [0.1, 0.15) is 0 Å². The summed E-state index contributed by atoms with van der Waals surface area (Å²) in [5, 5.41) is 0. The SMILES string of the molecule is C[SiH]1C=CC=C1. The predicted molar refractivity (Wildman–Crippen MR) is 31.3 cm³/mol. The minimum Gasteiger partial charge on any atom is -0.0938 e. The van der Waals surface area contributed by atoms with E-state index in [0.717, 1.165) is 0 Å². The van der Waals surface area contributed by atoms with Gasteiger partial charge in [-0.1, -0.05) is 30.1 Å². The van der Waals surface area contributed by atoms with Gasteiger partial charge in [0.2, 0.25) is 0 Å². The van der Waals surface area contributed by atoms with E-state index in [0.29, 0.717) is 0 Å². The Morgan fingerprint density at radius 1 is 1.17 bits per heavy atom. The van der Waals surface area contributed by atoms with Crippen LogP contribution in [0.25, 0.3) is 0 Å². The van der Waals surface area contributed by atoms with Gasteiger partial charge in [0, 0.05) is 0 Å². The molecule has 0 aliphatic carbocycles. The molecule has 0 unspecified atom stereocenters. The van der Waals surface area contributed by atoms with Gasteiger partial charge in [0.25, 0.3) is 0 Å². The van der Waals surface area contributed by atoms with Gasteiger partial charge < -0.3 is 0 Å². The zero-order valence-electron chi connectivity index (χ0n) is 3.89. The monoisotopic (exact) mass is 96.0 g/mol. The molecule has 0 nitrogen and oxygen atoms in total. The third kappa shape index (κ3) is 0.600. The summed E-state index contributed by atoms with van der Waals surface area (Å²) in [7, 11) is -0.410. The van der Waals surface area contributed by atoms with Crippen molar-refractivity contribution >= 4 is 8.80 Å². The van der Waals surface area contributed by atoms with Crippen LogP contribution < -0.4 is 0 Å². The highest BCUT2D eigenvalue weighted by molar-refractivity contribution is 6.69. The molecule has 0 atom stereocenters. The molecule has 0 fully saturated rings. The van der Waals surface area contributed by atoms with Gasteiger partial charge in [-0.15, -0.1) is 0 Å². The van der Waals surface area contributed by atoms with E-state index in [1.165, 1.54) is 0 Å². The second-order valence-corrected chi connectivity index (χ2v) is 4.12. The zero-order chi connectivity index (χ0) is 4.41. The molecule has 32 valence electrons. The number of hydrogen-bond donors (Lipinski definition) is 0. The fourth-order valence-electron chi connectivity index (χ4n) is 0.543. The molecule has 1 heteroatoms. The molecule has 1 aliphatic rings. The van der Waals surface area contributed by atoms with Crippen molar-refractivity contribution in [2.24, 2.45) is 0 Å². The molecule has 0 aromatic rings. The lowest BCUT2D eigenvalue weighted by molar-refractivity contribution is 2.15. The third-order valence-electron chi connectivity index (χ3n) is 0.940. The lowest BCUT2D eigenvalue weighted by Gasteiger charge is -1.80. The third-order valence-corrected chi connectivity index (χ3v) is 2.60. The topological polar surface area (TPSA) is 0 Å². The first-order chi connectivity index (χ1) is 2.89. The van der Waals surface area contributed by atoms with Gasteiger partial charge in [0.05, 0.1) is 8.80 Å². The summed E-state index contributed by atoms with van der Waals surface area (Å²) < 4.78 is 0. The van der Waals surface area contributed by atoms with Crippen LogP contribution >= 0.6 is 0 Å². The van der Waals surface area contributed by atoms with Crippen molar-refractivity contribution in [2.75, 3.05) is 0 Å². The predicted octanol–water partition coefficient (Wildman–Crippen LogP) is 1.05. The first kappa shape index (κ1) is 3.87. The van der Waals surface area contributed by atoms with Crippen molar-refractivity contribution in [3.63, 3.8) is 0 Å². The highest BCUT2D eigenvalue weighted by Gasteiger charge is 1.92. The Bertz CT molecular complexity index is 80.1. The number of hydrogen-bond acceptors (Lipinski definition) is 0. The Morgan fingerprint density at radius 3 is 1.83 bits per heavy atom. The number of allylic oxidation sites excluding steroid dienone is 2. The standard InChI is InChI=1S/C5H8Si/c1-6-4-2-3-5-6/h2-6H,1H3. The van der Waals surface area contributed by atoms with E-state index in [1.807, 2.05) is 0 Å².